The van der Waals surface area contributed by atoms with Crippen molar-refractivity contribution in [1.29, 1.82) is 0 Å². The van der Waals surface area contributed by atoms with Crippen molar-refractivity contribution in [1.82, 2.24) is 9.66 Å². The molecule has 5 rings (SSSR count). The molecule has 0 aliphatic rings. The SMILES string of the molecule is C=CCc1cc(C=Nn2c(-c3cc(C(C)C)c(OCC)cc3C)nc3ccccc3c2=O)cc(OC)c1OCc1ccc(Br)cc1Br. The van der Waals surface area contributed by atoms with Crippen molar-refractivity contribution in [3.05, 3.63) is 127 Å². The lowest BCUT2D eigenvalue weighted by molar-refractivity contribution is 0.281. The maximum absolute atomic E-state index is 14.0. The minimum Gasteiger partial charge on any atom is -0.494 e. The van der Waals surface area contributed by atoms with E-state index in [0.717, 1.165) is 48.1 Å². The Hall–Kier alpha value is -4.21. The Kier molecular flexibility index (Phi) is 11.0. The van der Waals surface area contributed by atoms with Gasteiger partial charge in [-0.15, -0.1) is 6.58 Å². The first-order valence-corrected chi connectivity index (χ1v) is 17.0. The zero-order chi connectivity index (χ0) is 33.7. The van der Waals surface area contributed by atoms with Crippen molar-refractivity contribution in [3.63, 3.8) is 0 Å². The first-order valence-electron chi connectivity index (χ1n) is 15.4. The summed E-state index contributed by atoms with van der Waals surface area (Å²) < 4.78 is 21.4. The Labute approximate surface area is 292 Å². The lowest BCUT2D eigenvalue weighted by Crippen LogP contribution is -2.21. The summed E-state index contributed by atoms with van der Waals surface area (Å²) in [5.74, 6) is 2.65. The normalized spacial score (nSPS) is 11.4. The van der Waals surface area contributed by atoms with Crippen LogP contribution in [0.2, 0.25) is 0 Å². The first kappa shape index (κ1) is 34.1. The van der Waals surface area contributed by atoms with E-state index in [1.807, 2.05) is 74.5 Å². The van der Waals surface area contributed by atoms with Crippen LogP contribution in [-0.2, 0) is 13.0 Å². The van der Waals surface area contributed by atoms with Crippen LogP contribution in [0.5, 0.6) is 17.2 Å². The molecular weight excluding hydrogens is 722 g/mol. The smallest absolute Gasteiger partial charge is 0.282 e. The Morgan fingerprint density at radius 3 is 2.49 bits per heavy atom. The Morgan fingerprint density at radius 1 is 1.00 bits per heavy atom. The largest absolute Gasteiger partial charge is 0.494 e. The van der Waals surface area contributed by atoms with E-state index in [4.69, 9.17) is 24.3 Å². The van der Waals surface area contributed by atoms with Crippen molar-refractivity contribution < 1.29 is 14.2 Å². The van der Waals surface area contributed by atoms with Crippen LogP contribution in [0.3, 0.4) is 0 Å². The number of methoxy groups -OCH3 is 1. The second-order valence-corrected chi connectivity index (χ2v) is 13.1. The van der Waals surface area contributed by atoms with Crippen LogP contribution in [-0.4, -0.2) is 29.6 Å². The Balaban J connectivity index is 1.62. The van der Waals surface area contributed by atoms with E-state index in [1.165, 1.54) is 4.68 Å². The van der Waals surface area contributed by atoms with E-state index in [-0.39, 0.29) is 11.5 Å². The highest BCUT2D eigenvalue weighted by molar-refractivity contribution is 9.11. The highest BCUT2D eigenvalue weighted by Crippen LogP contribution is 2.36. The Morgan fingerprint density at radius 2 is 1.79 bits per heavy atom. The molecule has 0 saturated carbocycles. The summed E-state index contributed by atoms with van der Waals surface area (Å²) in [4.78, 5) is 18.9. The third-order valence-corrected chi connectivity index (χ3v) is 8.95. The average Bonchev–Trinajstić information content (AvgIpc) is 3.04. The molecule has 9 heteroatoms. The molecule has 0 aliphatic heterocycles. The summed E-state index contributed by atoms with van der Waals surface area (Å²) in [6, 6.07) is 21.2. The van der Waals surface area contributed by atoms with Crippen LogP contribution >= 0.6 is 31.9 Å². The van der Waals surface area contributed by atoms with Gasteiger partial charge in [0, 0.05) is 25.6 Å². The van der Waals surface area contributed by atoms with Crippen LogP contribution in [0.4, 0.5) is 0 Å². The van der Waals surface area contributed by atoms with E-state index in [1.54, 1.807) is 19.4 Å². The van der Waals surface area contributed by atoms with Gasteiger partial charge in [0.2, 0.25) is 0 Å². The predicted octanol–water partition coefficient (Wildman–Crippen LogP) is 9.62. The molecule has 7 nitrogen and oxygen atoms in total. The van der Waals surface area contributed by atoms with Gasteiger partial charge >= 0.3 is 0 Å². The van der Waals surface area contributed by atoms with Gasteiger partial charge in [-0.1, -0.05) is 70.0 Å². The number of aryl methyl sites for hydroxylation is 1. The fraction of sp³-hybridized carbons (Fsp3) is 0.237. The molecule has 4 aromatic carbocycles. The third-order valence-electron chi connectivity index (χ3n) is 7.72. The van der Waals surface area contributed by atoms with Crippen LogP contribution < -0.4 is 19.8 Å². The number of para-hydroxylation sites is 1. The number of fused-ring (bicyclic) bond motifs is 1. The monoisotopic (exact) mass is 757 g/mol. The quantitative estimate of drug-likeness (QED) is 0.0936. The predicted molar refractivity (Wildman–Crippen MR) is 197 cm³/mol. The summed E-state index contributed by atoms with van der Waals surface area (Å²) >= 11 is 7.11. The molecule has 0 bridgehead atoms. The third kappa shape index (κ3) is 7.52. The van der Waals surface area contributed by atoms with Gasteiger partial charge in [-0.3, -0.25) is 4.79 Å². The number of aromatic nitrogens is 2. The second-order valence-electron chi connectivity index (χ2n) is 11.3. The maximum Gasteiger partial charge on any atom is 0.282 e. The van der Waals surface area contributed by atoms with E-state index in [9.17, 15) is 4.79 Å². The van der Waals surface area contributed by atoms with Crippen molar-refractivity contribution in [2.75, 3.05) is 13.7 Å². The van der Waals surface area contributed by atoms with Crippen LogP contribution in [0.1, 0.15) is 54.5 Å². The molecule has 47 heavy (non-hydrogen) atoms. The Bertz CT molecular complexity index is 2030. The van der Waals surface area contributed by atoms with Crippen LogP contribution in [0.25, 0.3) is 22.3 Å². The number of ether oxygens (including phenoxy) is 3. The molecule has 0 fully saturated rings. The standard InChI is InChI=1S/C38H37Br2N3O4/c1-7-11-26-17-25(18-35(45-6)36(26)47-22-27-14-15-28(39)19-32(27)40)21-41-43-37(42-33-13-10-9-12-29(33)38(43)44)31-20-30(23(3)4)34(46-8-2)16-24(31)5/h7,9-10,12-21,23H,1,8,11,22H2,2-6H3. The molecule has 0 N–H and O–H groups in total. The van der Waals surface area contributed by atoms with E-state index < -0.39 is 0 Å². The molecule has 0 unspecified atom stereocenters. The minimum absolute atomic E-state index is 0.196. The van der Waals surface area contributed by atoms with Crippen molar-refractivity contribution >= 4 is 49.0 Å². The molecule has 5 aromatic rings. The van der Waals surface area contributed by atoms with Gasteiger partial charge in [0.25, 0.3) is 5.56 Å². The zero-order valence-electron chi connectivity index (χ0n) is 27.1. The van der Waals surface area contributed by atoms with Gasteiger partial charge in [0.1, 0.15) is 12.4 Å². The molecule has 242 valence electrons. The zero-order valence-corrected chi connectivity index (χ0v) is 30.3. The summed E-state index contributed by atoms with van der Waals surface area (Å²) in [7, 11) is 1.60. The summed E-state index contributed by atoms with van der Waals surface area (Å²) in [5, 5.41) is 5.23. The number of nitrogens with zero attached hydrogens (tertiary/aromatic N) is 3. The van der Waals surface area contributed by atoms with E-state index in [0.29, 0.717) is 47.9 Å². The maximum atomic E-state index is 14.0. The highest BCUT2D eigenvalue weighted by atomic mass is 79.9. The summed E-state index contributed by atoms with van der Waals surface area (Å²) in [6.45, 7) is 13.0. The fourth-order valence-electron chi connectivity index (χ4n) is 5.37. The highest BCUT2D eigenvalue weighted by Gasteiger charge is 2.19. The number of benzene rings is 4. The molecule has 1 aromatic heterocycles. The van der Waals surface area contributed by atoms with Crippen molar-refractivity contribution in [2.45, 2.75) is 46.6 Å². The molecule has 0 radical (unpaired) electrons. The van der Waals surface area contributed by atoms with E-state index in [2.05, 4.69) is 58.4 Å². The molecular formula is C38H37Br2N3O4. The molecule has 0 atom stereocenters. The van der Waals surface area contributed by atoms with Gasteiger partial charge in [0.15, 0.2) is 17.3 Å². The molecule has 0 spiro atoms. The van der Waals surface area contributed by atoms with Gasteiger partial charge < -0.3 is 14.2 Å². The minimum atomic E-state index is -0.264. The van der Waals surface area contributed by atoms with Gasteiger partial charge in [-0.2, -0.15) is 9.78 Å². The molecule has 0 amide bonds. The molecule has 0 aliphatic carbocycles. The van der Waals surface area contributed by atoms with Crippen LogP contribution in [0.15, 0.2) is 98.2 Å². The lowest BCUT2D eigenvalue weighted by atomic mass is 9.96. The number of allylic oxidation sites excluding steroid dienone is 1. The summed E-state index contributed by atoms with van der Waals surface area (Å²) in [5.41, 5.74) is 5.71. The van der Waals surface area contributed by atoms with Gasteiger partial charge in [0.05, 0.1) is 30.8 Å². The number of halogens is 2. The lowest BCUT2D eigenvalue weighted by Gasteiger charge is -2.18. The average molecular weight is 760 g/mol. The van der Waals surface area contributed by atoms with Crippen LogP contribution in [0, 0.1) is 6.92 Å². The number of rotatable bonds is 12. The van der Waals surface area contributed by atoms with Gasteiger partial charge in [-0.25, -0.2) is 4.98 Å². The fourth-order valence-corrected chi connectivity index (χ4v) is 6.53. The molecule has 1 heterocycles. The number of hydrogen-bond donors (Lipinski definition) is 0. The summed E-state index contributed by atoms with van der Waals surface area (Å²) in [6.07, 6.45) is 4.01. The second kappa shape index (κ2) is 15.1. The van der Waals surface area contributed by atoms with Crippen molar-refractivity contribution in [2.24, 2.45) is 5.10 Å². The first-order chi connectivity index (χ1) is 22.6. The topological polar surface area (TPSA) is 74.9 Å². The number of hydrogen-bond acceptors (Lipinski definition) is 6. The van der Waals surface area contributed by atoms with Crippen molar-refractivity contribution in [3.8, 4) is 28.6 Å². The molecule has 0 saturated heterocycles. The van der Waals surface area contributed by atoms with E-state index >= 15 is 0 Å². The van der Waals surface area contributed by atoms with Gasteiger partial charge in [-0.05, 0) is 91.4 Å².